The molecule has 3 aromatic rings. The van der Waals surface area contributed by atoms with Crippen LogP contribution < -0.4 is 4.90 Å². The maximum absolute atomic E-state index is 5.47. The predicted molar refractivity (Wildman–Crippen MR) is 116 cm³/mol. The van der Waals surface area contributed by atoms with E-state index in [1.54, 1.807) is 0 Å². The number of nitrogens with zero attached hydrogens (tertiary/aromatic N) is 5. The lowest BCUT2D eigenvalue weighted by atomic mass is 10.2. The summed E-state index contributed by atoms with van der Waals surface area (Å²) in [7, 11) is 0. The minimum Gasteiger partial charge on any atom is -0.379 e. The third-order valence-electron chi connectivity index (χ3n) is 5.88. The van der Waals surface area contributed by atoms with Gasteiger partial charge in [-0.1, -0.05) is 42.5 Å². The Hall–Kier alpha value is -2.41. The molecule has 29 heavy (non-hydrogen) atoms. The topological polar surface area (TPSA) is 36.8 Å². The van der Waals surface area contributed by atoms with Crippen LogP contribution in [0.4, 0.5) is 5.95 Å². The van der Waals surface area contributed by atoms with Crippen LogP contribution in [0.5, 0.6) is 0 Å². The number of benzene rings is 2. The average Bonchev–Trinajstić information content (AvgIpc) is 3.14. The Bertz CT molecular complexity index is 935. The number of morpholine rings is 1. The Morgan fingerprint density at radius 2 is 1.62 bits per heavy atom. The summed E-state index contributed by atoms with van der Waals surface area (Å²) in [5, 5.41) is 0. The van der Waals surface area contributed by atoms with E-state index in [0.717, 1.165) is 77.2 Å². The van der Waals surface area contributed by atoms with Crippen molar-refractivity contribution >= 4 is 17.0 Å². The number of hydrogen-bond donors (Lipinski definition) is 0. The summed E-state index contributed by atoms with van der Waals surface area (Å²) in [6, 6.07) is 19.2. The van der Waals surface area contributed by atoms with Crippen LogP contribution in [0.1, 0.15) is 12.0 Å². The minimum atomic E-state index is 0.865. The van der Waals surface area contributed by atoms with Gasteiger partial charge in [0.2, 0.25) is 5.95 Å². The molecule has 152 valence electrons. The second-order valence-electron chi connectivity index (χ2n) is 8.00. The summed E-state index contributed by atoms with van der Waals surface area (Å²) in [6.07, 6.45) is 1.14. The second-order valence-corrected chi connectivity index (χ2v) is 8.00. The Kier molecular flexibility index (Phi) is 5.47. The highest BCUT2D eigenvalue weighted by Crippen LogP contribution is 2.27. The quantitative estimate of drug-likeness (QED) is 0.646. The van der Waals surface area contributed by atoms with Crippen molar-refractivity contribution in [2.45, 2.75) is 19.6 Å². The Morgan fingerprint density at radius 3 is 2.48 bits per heavy atom. The van der Waals surface area contributed by atoms with Crippen LogP contribution in [0, 0.1) is 0 Å². The van der Waals surface area contributed by atoms with Crippen molar-refractivity contribution in [3.63, 3.8) is 0 Å². The maximum atomic E-state index is 5.47. The van der Waals surface area contributed by atoms with Gasteiger partial charge in [0, 0.05) is 32.7 Å². The first-order valence-corrected chi connectivity index (χ1v) is 10.6. The van der Waals surface area contributed by atoms with Gasteiger partial charge in [-0.3, -0.25) is 14.4 Å². The highest BCUT2D eigenvalue weighted by molar-refractivity contribution is 5.79. The molecule has 0 atom stereocenters. The highest BCUT2D eigenvalue weighted by atomic mass is 16.5. The number of fused-ring (bicyclic) bond motifs is 3. The molecule has 5 rings (SSSR count). The molecule has 1 saturated heterocycles. The SMILES string of the molecule is c1ccc(CN2CN(CCCN3CCOCC3)c3nc4ccccc4n3C2)cc1. The molecule has 0 amide bonds. The molecule has 0 N–H and O–H groups in total. The standard InChI is InChI=1S/C23H29N5O/c1-2-7-20(8-3-1)17-26-18-27(12-6-11-25-13-15-29-16-14-25)23-24-21-9-4-5-10-22(21)28(23)19-26/h1-5,7-10H,6,11-19H2. The van der Waals surface area contributed by atoms with Crippen LogP contribution >= 0.6 is 0 Å². The summed E-state index contributed by atoms with van der Waals surface area (Å²) < 4.78 is 7.85. The maximum Gasteiger partial charge on any atom is 0.208 e. The van der Waals surface area contributed by atoms with E-state index in [4.69, 9.17) is 9.72 Å². The molecule has 6 heteroatoms. The number of imidazole rings is 1. The highest BCUT2D eigenvalue weighted by Gasteiger charge is 2.26. The summed E-state index contributed by atoms with van der Waals surface area (Å²) in [5.74, 6) is 1.11. The predicted octanol–water partition coefficient (Wildman–Crippen LogP) is 3.00. The Balaban J connectivity index is 1.34. The van der Waals surface area contributed by atoms with Crippen LogP contribution in [-0.4, -0.2) is 65.4 Å². The zero-order chi connectivity index (χ0) is 19.5. The van der Waals surface area contributed by atoms with E-state index in [9.17, 15) is 0 Å². The molecular weight excluding hydrogens is 362 g/mol. The van der Waals surface area contributed by atoms with Crippen LogP contribution in [0.25, 0.3) is 11.0 Å². The first-order valence-electron chi connectivity index (χ1n) is 10.6. The van der Waals surface area contributed by atoms with Gasteiger partial charge >= 0.3 is 0 Å². The van der Waals surface area contributed by atoms with Crippen LogP contribution in [0.2, 0.25) is 0 Å². The van der Waals surface area contributed by atoms with Crippen molar-refractivity contribution in [3.05, 3.63) is 60.2 Å². The van der Waals surface area contributed by atoms with Gasteiger partial charge < -0.3 is 9.64 Å². The lowest BCUT2D eigenvalue weighted by Gasteiger charge is -2.37. The molecule has 0 unspecified atom stereocenters. The van der Waals surface area contributed by atoms with E-state index in [0.29, 0.717) is 0 Å². The molecule has 1 aromatic heterocycles. The van der Waals surface area contributed by atoms with Crippen LogP contribution in [-0.2, 0) is 18.0 Å². The number of hydrogen-bond acceptors (Lipinski definition) is 5. The fourth-order valence-corrected chi connectivity index (χ4v) is 4.42. The number of aromatic nitrogens is 2. The van der Waals surface area contributed by atoms with Crippen molar-refractivity contribution in [1.82, 2.24) is 19.4 Å². The monoisotopic (exact) mass is 391 g/mol. The van der Waals surface area contributed by atoms with Gasteiger partial charge in [-0.05, 0) is 24.1 Å². The Labute approximate surface area is 172 Å². The van der Waals surface area contributed by atoms with Crippen molar-refractivity contribution in [3.8, 4) is 0 Å². The molecule has 0 spiro atoms. The lowest BCUT2D eigenvalue weighted by molar-refractivity contribution is 0.0375. The molecule has 0 radical (unpaired) electrons. The molecule has 2 aliphatic heterocycles. The number of para-hydroxylation sites is 2. The van der Waals surface area contributed by atoms with Crippen molar-refractivity contribution in [2.75, 3.05) is 51.0 Å². The number of ether oxygens (including phenoxy) is 1. The van der Waals surface area contributed by atoms with Gasteiger partial charge in [-0.15, -0.1) is 0 Å². The summed E-state index contributed by atoms with van der Waals surface area (Å²) in [4.78, 5) is 12.4. The second kappa shape index (κ2) is 8.53. The third-order valence-corrected chi connectivity index (χ3v) is 5.88. The molecule has 2 aliphatic rings. The van der Waals surface area contributed by atoms with E-state index >= 15 is 0 Å². The smallest absolute Gasteiger partial charge is 0.208 e. The van der Waals surface area contributed by atoms with E-state index in [1.165, 1.54) is 11.1 Å². The largest absolute Gasteiger partial charge is 0.379 e. The van der Waals surface area contributed by atoms with Gasteiger partial charge in [-0.25, -0.2) is 4.98 Å². The first kappa shape index (κ1) is 18.6. The van der Waals surface area contributed by atoms with Crippen molar-refractivity contribution in [2.24, 2.45) is 0 Å². The molecule has 6 nitrogen and oxygen atoms in total. The van der Waals surface area contributed by atoms with Gasteiger partial charge in [-0.2, -0.15) is 0 Å². The molecule has 3 heterocycles. The first-order chi connectivity index (χ1) is 14.4. The number of rotatable bonds is 6. The van der Waals surface area contributed by atoms with Crippen molar-refractivity contribution in [1.29, 1.82) is 0 Å². The summed E-state index contributed by atoms with van der Waals surface area (Å²) >= 11 is 0. The molecule has 0 aliphatic carbocycles. The van der Waals surface area contributed by atoms with Crippen molar-refractivity contribution < 1.29 is 4.74 Å². The Morgan fingerprint density at radius 1 is 0.828 bits per heavy atom. The van der Waals surface area contributed by atoms with E-state index in [1.807, 2.05) is 0 Å². The van der Waals surface area contributed by atoms with E-state index in [2.05, 4.69) is 73.9 Å². The fourth-order valence-electron chi connectivity index (χ4n) is 4.42. The molecule has 1 fully saturated rings. The normalized spacial score (nSPS) is 18.3. The summed E-state index contributed by atoms with van der Waals surface area (Å²) in [5.41, 5.74) is 3.66. The zero-order valence-corrected chi connectivity index (χ0v) is 16.9. The van der Waals surface area contributed by atoms with E-state index < -0.39 is 0 Å². The summed E-state index contributed by atoms with van der Waals surface area (Å²) in [6.45, 7) is 8.73. The van der Waals surface area contributed by atoms with Crippen LogP contribution in [0.3, 0.4) is 0 Å². The van der Waals surface area contributed by atoms with Gasteiger partial charge in [0.05, 0.1) is 37.6 Å². The van der Waals surface area contributed by atoms with Gasteiger partial charge in [0.25, 0.3) is 0 Å². The minimum absolute atomic E-state index is 0.865. The molecule has 0 saturated carbocycles. The zero-order valence-electron chi connectivity index (χ0n) is 16.9. The van der Waals surface area contributed by atoms with Crippen LogP contribution in [0.15, 0.2) is 54.6 Å². The third kappa shape index (κ3) is 4.15. The van der Waals surface area contributed by atoms with E-state index in [-0.39, 0.29) is 0 Å². The molecule has 0 bridgehead atoms. The number of anilines is 1. The molecule has 2 aromatic carbocycles. The molecular formula is C23H29N5O. The lowest BCUT2D eigenvalue weighted by Crippen LogP contribution is -2.46. The average molecular weight is 392 g/mol. The fraction of sp³-hybridized carbons (Fsp3) is 0.435. The van der Waals surface area contributed by atoms with Gasteiger partial charge in [0.15, 0.2) is 0 Å². The van der Waals surface area contributed by atoms with Gasteiger partial charge in [0.1, 0.15) is 0 Å².